The summed E-state index contributed by atoms with van der Waals surface area (Å²) in [4.78, 5) is 14.5. The van der Waals surface area contributed by atoms with Crippen molar-refractivity contribution in [2.45, 2.75) is 19.3 Å². The molecule has 0 radical (unpaired) electrons. The summed E-state index contributed by atoms with van der Waals surface area (Å²) in [6.07, 6.45) is 4.17. The van der Waals surface area contributed by atoms with E-state index in [-0.39, 0.29) is 12.3 Å². The number of benzene rings is 2. The Morgan fingerprint density at radius 3 is 2.81 bits per heavy atom. The predicted octanol–water partition coefficient (Wildman–Crippen LogP) is 4.49. The SMILES string of the molecule is O=C(Cc1cccc2ccccc12)N/N=C\c1cc(Br)c(N2CCCC2)o1. The maximum Gasteiger partial charge on any atom is 0.244 e. The number of nitrogens with one attached hydrogen (secondary N) is 1. The van der Waals surface area contributed by atoms with E-state index >= 15 is 0 Å². The molecule has 0 bridgehead atoms. The maximum atomic E-state index is 12.3. The average molecular weight is 426 g/mol. The van der Waals surface area contributed by atoms with E-state index in [9.17, 15) is 4.79 Å². The molecule has 0 spiro atoms. The number of carbonyl (C=O) groups excluding carboxylic acids is 1. The van der Waals surface area contributed by atoms with Crippen LogP contribution in [0.25, 0.3) is 10.8 Å². The number of nitrogens with zero attached hydrogens (tertiary/aromatic N) is 2. The minimum atomic E-state index is -0.159. The maximum absolute atomic E-state index is 12.3. The fraction of sp³-hybridized carbons (Fsp3) is 0.238. The summed E-state index contributed by atoms with van der Waals surface area (Å²) in [5.41, 5.74) is 3.57. The molecule has 27 heavy (non-hydrogen) atoms. The van der Waals surface area contributed by atoms with Gasteiger partial charge in [-0.3, -0.25) is 4.79 Å². The van der Waals surface area contributed by atoms with Crippen LogP contribution in [0.15, 0.2) is 62.5 Å². The monoisotopic (exact) mass is 425 g/mol. The van der Waals surface area contributed by atoms with Crippen LogP contribution < -0.4 is 10.3 Å². The standard InChI is InChI=1S/C21H20BrN3O2/c22-19-13-17(27-21(19)25-10-3-4-11-25)14-23-24-20(26)12-16-8-5-7-15-6-1-2-9-18(15)16/h1-2,5-9,13-14H,3-4,10-12H2,(H,24,26)/b23-14-. The highest BCUT2D eigenvalue weighted by atomic mass is 79.9. The Kier molecular flexibility index (Phi) is 5.25. The number of furan rings is 1. The zero-order valence-electron chi connectivity index (χ0n) is 14.8. The van der Waals surface area contributed by atoms with Crippen molar-refractivity contribution in [1.82, 2.24) is 5.43 Å². The lowest BCUT2D eigenvalue weighted by atomic mass is 10.0. The first-order valence-corrected chi connectivity index (χ1v) is 9.83. The molecule has 138 valence electrons. The lowest BCUT2D eigenvalue weighted by Gasteiger charge is -2.13. The minimum Gasteiger partial charge on any atom is -0.438 e. The van der Waals surface area contributed by atoms with Crippen LogP contribution in [0.2, 0.25) is 0 Å². The third-order valence-corrected chi connectivity index (χ3v) is 5.26. The van der Waals surface area contributed by atoms with E-state index < -0.39 is 0 Å². The van der Waals surface area contributed by atoms with Gasteiger partial charge < -0.3 is 9.32 Å². The van der Waals surface area contributed by atoms with Crippen molar-refractivity contribution < 1.29 is 9.21 Å². The molecule has 1 saturated heterocycles. The van der Waals surface area contributed by atoms with Gasteiger partial charge in [-0.15, -0.1) is 0 Å². The smallest absolute Gasteiger partial charge is 0.244 e. The van der Waals surface area contributed by atoms with Gasteiger partial charge in [-0.05, 0) is 45.1 Å². The van der Waals surface area contributed by atoms with Crippen molar-refractivity contribution in [2.75, 3.05) is 18.0 Å². The number of hydrazone groups is 1. The van der Waals surface area contributed by atoms with Gasteiger partial charge in [-0.1, -0.05) is 42.5 Å². The molecule has 1 aromatic heterocycles. The fourth-order valence-corrected chi connectivity index (χ4v) is 3.96. The van der Waals surface area contributed by atoms with Crippen LogP contribution in [-0.4, -0.2) is 25.2 Å². The molecule has 2 aromatic carbocycles. The second-order valence-electron chi connectivity index (χ2n) is 6.60. The van der Waals surface area contributed by atoms with Crippen molar-refractivity contribution >= 4 is 44.7 Å². The molecule has 4 rings (SSSR count). The number of rotatable bonds is 5. The summed E-state index contributed by atoms with van der Waals surface area (Å²) < 4.78 is 6.74. The fourth-order valence-electron chi connectivity index (χ4n) is 3.40. The van der Waals surface area contributed by atoms with Crippen LogP contribution in [0.3, 0.4) is 0 Å². The summed E-state index contributed by atoms with van der Waals surface area (Å²) in [5, 5.41) is 6.25. The van der Waals surface area contributed by atoms with Gasteiger partial charge in [-0.25, -0.2) is 5.43 Å². The lowest BCUT2D eigenvalue weighted by molar-refractivity contribution is -0.120. The number of hydrogen-bond acceptors (Lipinski definition) is 4. The molecule has 0 aliphatic carbocycles. The Hall–Kier alpha value is -2.60. The molecule has 6 heteroatoms. The summed E-state index contributed by atoms with van der Waals surface area (Å²) >= 11 is 3.53. The Bertz CT molecular complexity index is 985. The highest BCUT2D eigenvalue weighted by Crippen LogP contribution is 2.31. The number of hydrogen-bond donors (Lipinski definition) is 1. The second kappa shape index (κ2) is 7.96. The number of carbonyl (C=O) groups is 1. The highest BCUT2D eigenvalue weighted by Gasteiger charge is 2.19. The normalized spacial score (nSPS) is 14.3. The van der Waals surface area contributed by atoms with Gasteiger partial charge >= 0.3 is 0 Å². The molecule has 1 aliphatic rings. The zero-order valence-corrected chi connectivity index (χ0v) is 16.4. The Balaban J connectivity index is 1.39. The van der Waals surface area contributed by atoms with Crippen LogP contribution in [0.4, 0.5) is 5.88 Å². The van der Waals surface area contributed by atoms with E-state index in [0.717, 1.165) is 39.8 Å². The zero-order chi connectivity index (χ0) is 18.6. The van der Waals surface area contributed by atoms with Crippen molar-refractivity contribution in [3.05, 3.63) is 64.3 Å². The predicted molar refractivity (Wildman–Crippen MR) is 111 cm³/mol. The molecular weight excluding hydrogens is 406 g/mol. The summed E-state index contributed by atoms with van der Waals surface area (Å²) in [6, 6.07) is 15.9. The van der Waals surface area contributed by atoms with Gasteiger partial charge in [0.05, 0.1) is 17.1 Å². The molecule has 3 aromatic rings. The number of halogens is 1. The van der Waals surface area contributed by atoms with E-state index in [2.05, 4.69) is 31.4 Å². The van der Waals surface area contributed by atoms with E-state index in [0.29, 0.717) is 5.76 Å². The minimum absolute atomic E-state index is 0.159. The van der Waals surface area contributed by atoms with E-state index in [1.54, 1.807) is 0 Å². The van der Waals surface area contributed by atoms with E-state index in [4.69, 9.17) is 4.42 Å². The van der Waals surface area contributed by atoms with Crippen LogP contribution in [0.5, 0.6) is 0 Å². The summed E-state index contributed by atoms with van der Waals surface area (Å²) in [7, 11) is 0. The quantitative estimate of drug-likeness (QED) is 0.483. The van der Waals surface area contributed by atoms with Gasteiger partial charge in [-0.2, -0.15) is 5.10 Å². The molecule has 5 nitrogen and oxygen atoms in total. The van der Waals surface area contributed by atoms with Gasteiger partial charge in [0.1, 0.15) is 0 Å². The number of anilines is 1. The summed E-state index contributed by atoms with van der Waals surface area (Å²) in [5.74, 6) is 1.28. The first-order valence-electron chi connectivity index (χ1n) is 9.03. The van der Waals surface area contributed by atoms with Crippen molar-refractivity contribution in [3.63, 3.8) is 0 Å². The van der Waals surface area contributed by atoms with Gasteiger partial charge in [0.25, 0.3) is 0 Å². The third-order valence-electron chi connectivity index (χ3n) is 4.69. The molecule has 1 fully saturated rings. The van der Waals surface area contributed by atoms with Crippen molar-refractivity contribution in [1.29, 1.82) is 0 Å². The first kappa shape index (κ1) is 17.8. The Morgan fingerprint density at radius 2 is 1.96 bits per heavy atom. The Morgan fingerprint density at radius 1 is 1.19 bits per heavy atom. The first-order chi connectivity index (χ1) is 13.2. The molecule has 1 aliphatic heterocycles. The molecular formula is C21H20BrN3O2. The highest BCUT2D eigenvalue weighted by molar-refractivity contribution is 9.10. The lowest BCUT2D eigenvalue weighted by Crippen LogP contribution is -2.19. The second-order valence-corrected chi connectivity index (χ2v) is 7.46. The van der Waals surface area contributed by atoms with Crippen LogP contribution in [-0.2, 0) is 11.2 Å². The molecule has 0 unspecified atom stereocenters. The van der Waals surface area contributed by atoms with Gasteiger partial charge in [0, 0.05) is 19.2 Å². The number of amides is 1. The van der Waals surface area contributed by atoms with E-state index in [1.165, 1.54) is 19.1 Å². The molecule has 1 N–H and O–H groups in total. The van der Waals surface area contributed by atoms with Gasteiger partial charge in [0.15, 0.2) is 5.76 Å². The van der Waals surface area contributed by atoms with Gasteiger partial charge in [0.2, 0.25) is 11.8 Å². The topological polar surface area (TPSA) is 57.8 Å². The van der Waals surface area contributed by atoms with Crippen molar-refractivity contribution in [2.24, 2.45) is 5.10 Å². The van der Waals surface area contributed by atoms with Crippen LogP contribution in [0.1, 0.15) is 24.2 Å². The van der Waals surface area contributed by atoms with Crippen LogP contribution >= 0.6 is 15.9 Å². The average Bonchev–Trinajstić information content (AvgIpc) is 3.31. The van der Waals surface area contributed by atoms with E-state index in [1.807, 2.05) is 48.5 Å². The summed E-state index contributed by atoms with van der Waals surface area (Å²) in [6.45, 7) is 2.01. The molecule has 2 heterocycles. The van der Waals surface area contributed by atoms with Crippen LogP contribution in [0, 0.1) is 0 Å². The largest absolute Gasteiger partial charge is 0.438 e. The third kappa shape index (κ3) is 4.06. The molecule has 1 amide bonds. The molecule has 0 atom stereocenters. The van der Waals surface area contributed by atoms with Crippen molar-refractivity contribution in [3.8, 4) is 0 Å². The number of fused-ring (bicyclic) bond motifs is 1. The molecule has 0 saturated carbocycles. The Labute approximate surface area is 166 Å².